The summed E-state index contributed by atoms with van der Waals surface area (Å²) in [5, 5.41) is 18.0. The van der Waals surface area contributed by atoms with Crippen LogP contribution in [0.5, 0.6) is 17.2 Å². The van der Waals surface area contributed by atoms with Gasteiger partial charge < -0.3 is 5.11 Å². The van der Waals surface area contributed by atoms with Gasteiger partial charge in [-0.1, -0.05) is 0 Å². The molecule has 3 N–H and O–H groups in total. The molecule has 0 aliphatic rings. The van der Waals surface area contributed by atoms with Gasteiger partial charge in [0.05, 0.1) is 0 Å². The second-order valence-electron chi connectivity index (χ2n) is 5.15. The van der Waals surface area contributed by atoms with Crippen LogP contribution in [0.1, 0.15) is 0 Å². The van der Waals surface area contributed by atoms with Crippen LogP contribution in [-0.2, 0) is 10.1 Å². The van der Waals surface area contributed by atoms with Crippen molar-refractivity contribution in [3.8, 4) is 17.2 Å². The molecule has 0 bridgehead atoms. The second kappa shape index (κ2) is 8.30. The van der Waals surface area contributed by atoms with Crippen LogP contribution in [0.25, 0.3) is 0 Å². The molecule has 2 rings (SSSR count). The van der Waals surface area contributed by atoms with E-state index in [1.54, 1.807) is 24.3 Å². The summed E-state index contributed by atoms with van der Waals surface area (Å²) in [7, 11) is -4.41. The second-order valence-corrected chi connectivity index (χ2v) is 7.69. The first-order chi connectivity index (χ1) is 11.3. The fraction of sp³-hybridized carbons (Fsp3) is 0.200. The summed E-state index contributed by atoms with van der Waals surface area (Å²) in [4.78, 5) is -0.294. The molecular formula is C15H15NaO7S. The Labute approximate surface area is 157 Å². The summed E-state index contributed by atoms with van der Waals surface area (Å²) in [6, 6.07) is 10.9. The standard InChI is InChI=1S/C15H15O7S.Na/c16-9-11(17)10-21-12-4-3-5-13(8-12)22-14-6-1-2-7-15(14)23(18,19)20;/h1,3-8,11,16-17H,9-10H2,(H,18,19,20);. The van der Waals surface area contributed by atoms with Gasteiger partial charge in [-0.15, -0.1) is 0 Å². The van der Waals surface area contributed by atoms with Crippen LogP contribution in [-0.4, -0.2) is 70.4 Å². The number of aliphatic hydroxyl groups is 2. The van der Waals surface area contributed by atoms with Gasteiger partial charge in [0.2, 0.25) is 0 Å². The van der Waals surface area contributed by atoms with Gasteiger partial charge in [0.15, 0.2) is 0 Å². The predicted molar refractivity (Wildman–Crippen MR) is 86.7 cm³/mol. The zero-order chi connectivity index (χ0) is 17.7. The third-order valence-corrected chi connectivity index (χ3v) is 4.56. The number of rotatable bonds is 7. The van der Waals surface area contributed by atoms with Crippen molar-refractivity contribution in [3.63, 3.8) is 0 Å². The zero-order valence-corrected chi connectivity index (χ0v) is 15.7. The van der Waals surface area contributed by atoms with Gasteiger partial charge in [0.25, 0.3) is 0 Å². The quantitative estimate of drug-likeness (QED) is 0.478. The van der Waals surface area contributed by atoms with Gasteiger partial charge in [0.1, 0.15) is 0 Å². The maximum atomic E-state index is 11.5. The van der Waals surface area contributed by atoms with Crippen LogP contribution in [0.2, 0.25) is 0 Å². The summed E-state index contributed by atoms with van der Waals surface area (Å²) in [5.74, 6) is 0.689. The summed E-state index contributed by atoms with van der Waals surface area (Å²) in [6.45, 7) is -0.508. The van der Waals surface area contributed by atoms with Crippen LogP contribution in [0, 0.1) is 0 Å². The van der Waals surface area contributed by atoms with E-state index in [9.17, 15) is 18.1 Å². The minimum absolute atomic E-state index is 0.00430. The molecule has 0 aromatic heterocycles. The minimum atomic E-state index is -4.41. The molecule has 9 heteroatoms. The average molecular weight is 362 g/mol. The Bertz CT molecular complexity index is 807. The molecule has 0 spiro atoms. The number of aliphatic hydroxyl groups excluding tert-OH is 2. The van der Waals surface area contributed by atoms with Gasteiger partial charge in [-0.2, -0.15) is 0 Å². The molecule has 24 heavy (non-hydrogen) atoms. The zero-order valence-electron chi connectivity index (χ0n) is 12.9. The van der Waals surface area contributed by atoms with Crippen LogP contribution in [0.3, 0.4) is 0 Å². The van der Waals surface area contributed by atoms with Crippen molar-refractivity contribution in [2.75, 3.05) is 13.2 Å². The summed E-state index contributed by atoms with van der Waals surface area (Å²) in [5.41, 5.74) is 0. The van der Waals surface area contributed by atoms with E-state index >= 15 is 0 Å². The Morgan fingerprint density at radius 2 is 1.83 bits per heavy atom. The molecule has 0 fully saturated rings. The van der Waals surface area contributed by atoms with E-state index in [4.69, 9.17) is 14.6 Å². The molecule has 0 radical (unpaired) electrons. The molecule has 124 valence electrons. The topological polar surface area (TPSA) is 113 Å². The van der Waals surface area contributed by atoms with Crippen LogP contribution in [0.4, 0.5) is 0 Å². The number of ether oxygens (including phenoxy) is 2. The number of hydrogen-bond acceptors (Lipinski definition) is 6. The number of hydrogen-bond donors (Lipinski definition) is 3. The van der Waals surface area contributed by atoms with E-state index in [1.807, 2.05) is 0 Å². The van der Waals surface area contributed by atoms with Crippen molar-refractivity contribution >= 4 is 40.9 Å². The van der Waals surface area contributed by atoms with E-state index in [0.717, 1.165) is 2.81 Å². The molecule has 0 aliphatic carbocycles. The third-order valence-electron chi connectivity index (χ3n) is 3.06. The Hall–Kier alpha value is -1.13. The molecule has 7 nitrogen and oxygen atoms in total. The van der Waals surface area contributed by atoms with Crippen molar-refractivity contribution in [2.24, 2.45) is 0 Å². The van der Waals surface area contributed by atoms with Crippen LogP contribution >= 0.6 is 0 Å². The van der Waals surface area contributed by atoms with E-state index in [2.05, 4.69) is 0 Å². The van der Waals surface area contributed by atoms with Crippen LogP contribution in [0.15, 0.2) is 47.4 Å². The number of benzene rings is 2. The molecule has 1 unspecified atom stereocenters. The first kappa shape index (κ1) is 19.2. The van der Waals surface area contributed by atoms with Gasteiger partial charge in [-0.25, -0.2) is 0 Å². The van der Waals surface area contributed by atoms with E-state index in [-0.39, 0.29) is 17.3 Å². The first-order valence-electron chi connectivity index (χ1n) is 7.07. The Morgan fingerprint density at radius 1 is 1.12 bits per heavy atom. The molecule has 0 aliphatic heterocycles. The molecule has 0 saturated carbocycles. The summed E-state index contributed by atoms with van der Waals surface area (Å²) >= 11 is 0.629. The Morgan fingerprint density at radius 3 is 2.50 bits per heavy atom. The monoisotopic (exact) mass is 362 g/mol. The van der Waals surface area contributed by atoms with Gasteiger partial charge in [-0.3, -0.25) is 0 Å². The normalized spacial score (nSPS) is 12.7. The fourth-order valence-corrected chi connectivity index (χ4v) is 3.26. The van der Waals surface area contributed by atoms with Gasteiger partial charge in [0, 0.05) is 0 Å². The molecular weight excluding hydrogens is 347 g/mol. The summed E-state index contributed by atoms with van der Waals surface area (Å²) < 4.78 is 44.0. The molecule has 2 aromatic rings. The molecule has 2 aromatic carbocycles. The Balaban J connectivity index is 2.23. The van der Waals surface area contributed by atoms with Crippen molar-refractivity contribution in [2.45, 2.75) is 11.0 Å². The van der Waals surface area contributed by atoms with Crippen LogP contribution < -0.4 is 12.3 Å². The third kappa shape index (κ3) is 5.45. The van der Waals surface area contributed by atoms with Gasteiger partial charge >= 0.3 is 152 Å². The van der Waals surface area contributed by atoms with E-state index in [0.29, 0.717) is 39.4 Å². The van der Waals surface area contributed by atoms with Crippen molar-refractivity contribution < 1.29 is 32.7 Å². The average Bonchev–Trinajstić information content (AvgIpc) is 2.53. The predicted octanol–water partition coefficient (Wildman–Crippen LogP) is 0.251. The van der Waals surface area contributed by atoms with Crippen molar-refractivity contribution in [1.82, 2.24) is 0 Å². The SMILES string of the molecule is O=S(=O)(O)c1c[c]([Na])ccc1Oc1cccc(OCC(O)CO)c1. The first-order valence-corrected chi connectivity index (χ1v) is 9.51. The Kier molecular flexibility index (Phi) is 6.64. The molecule has 0 saturated heterocycles. The molecule has 0 amide bonds. The maximum absolute atomic E-state index is 11.5. The van der Waals surface area contributed by atoms with Gasteiger partial charge in [-0.05, 0) is 0 Å². The molecule has 0 heterocycles. The summed E-state index contributed by atoms with van der Waals surface area (Å²) in [6.07, 6.45) is -0.998. The fourth-order valence-electron chi connectivity index (χ4n) is 1.90. The van der Waals surface area contributed by atoms with E-state index in [1.165, 1.54) is 18.2 Å². The molecule has 1 atom stereocenters. The van der Waals surface area contributed by atoms with E-state index < -0.39 is 22.8 Å². The van der Waals surface area contributed by atoms with Crippen molar-refractivity contribution in [3.05, 3.63) is 42.5 Å². The van der Waals surface area contributed by atoms with Crippen molar-refractivity contribution in [1.29, 1.82) is 0 Å².